The number of ether oxygens (including phenoxy) is 2. The summed E-state index contributed by atoms with van der Waals surface area (Å²) in [6.45, 7) is 0. The van der Waals surface area contributed by atoms with Gasteiger partial charge in [0.25, 0.3) is 5.91 Å². The summed E-state index contributed by atoms with van der Waals surface area (Å²) in [5, 5.41) is 20.1. The predicted octanol–water partition coefficient (Wildman–Crippen LogP) is 5.44. The third-order valence-corrected chi connectivity index (χ3v) is 8.05. The van der Waals surface area contributed by atoms with E-state index in [9.17, 15) is 4.79 Å². The molecule has 0 radical (unpaired) electrons. The summed E-state index contributed by atoms with van der Waals surface area (Å²) in [6.07, 6.45) is 2.26. The van der Waals surface area contributed by atoms with E-state index in [2.05, 4.69) is 36.2 Å². The van der Waals surface area contributed by atoms with E-state index in [1.807, 2.05) is 72.8 Å². The van der Waals surface area contributed by atoms with Crippen molar-refractivity contribution in [2.75, 3.05) is 20.0 Å². The zero-order valence-electron chi connectivity index (χ0n) is 22.1. The quantitative estimate of drug-likeness (QED) is 0.209. The molecule has 10 nitrogen and oxygen atoms in total. The Balaban J connectivity index is 1.27. The van der Waals surface area contributed by atoms with E-state index < -0.39 is 0 Å². The van der Waals surface area contributed by atoms with Crippen molar-refractivity contribution in [2.45, 2.75) is 17.5 Å². The van der Waals surface area contributed by atoms with Crippen LogP contribution in [0.2, 0.25) is 0 Å². The van der Waals surface area contributed by atoms with Crippen LogP contribution in [0.1, 0.15) is 23.6 Å². The maximum Gasteiger partial charge on any atom is 0.253 e. The number of pyridine rings is 1. The molecule has 0 bridgehead atoms. The molecule has 5 aromatic rings. The summed E-state index contributed by atoms with van der Waals surface area (Å²) in [7, 11) is 3.19. The highest BCUT2D eigenvalue weighted by Crippen LogP contribution is 2.38. The molecule has 1 atom stereocenters. The number of halogens is 1. The van der Waals surface area contributed by atoms with Gasteiger partial charge in [0, 0.05) is 17.1 Å². The molecule has 0 fully saturated rings. The van der Waals surface area contributed by atoms with Crippen LogP contribution in [0.3, 0.4) is 0 Å². The highest BCUT2D eigenvalue weighted by atomic mass is 79.9. The predicted molar refractivity (Wildman–Crippen MR) is 159 cm³/mol. The second kappa shape index (κ2) is 11.7. The number of hydrogen-bond donors (Lipinski definition) is 0. The van der Waals surface area contributed by atoms with Crippen molar-refractivity contribution in [3.05, 3.63) is 94.6 Å². The molecule has 1 aliphatic rings. The second-order valence-corrected chi connectivity index (χ2v) is 11.0. The lowest BCUT2D eigenvalue weighted by molar-refractivity contribution is -0.130. The Morgan fingerprint density at radius 1 is 1.00 bits per heavy atom. The summed E-state index contributed by atoms with van der Waals surface area (Å²) < 4.78 is 13.6. The van der Waals surface area contributed by atoms with E-state index in [-0.39, 0.29) is 17.7 Å². The van der Waals surface area contributed by atoms with Crippen molar-refractivity contribution in [1.82, 2.24) is 29.8 Å². The molecule has 3 aromatic heterocycles. The second-order valence-electron chi connectivity index (χ2n) is 9.10. The Kier molecular flexibility index (Phi) is 7.66. The minimum absolute atomic E-state index is 0.139. The summed E-state index contributed by atoms with van der Waals surface area (Å²) in [4.78, 5) is 18.0. The lowest BCUT2D eigenvalue weighted by Crippen LogP contribution is -2.28. The number of carbonyl (C=O) groups excluding carboxylic acids is 1. The van der Waals surface area contributed by atoms with Gasteiger partial charge in [-0.1, -0.05) is 52.0 Å². The van der Waals surface area contributed by atoms with Crippen molar-refractivity contribution in [3.63, 3.8) is 0 Å². The van der Waals surface area contributed by atoms with Crippen LogP contribution in [0.4, 0.5) is 0 Å². The van der Waals surface area contributed by atoms with Crippen LogP contribution in [0.15, 0.2) is 93.6 Å². The lowest BCUT2D eigenvalue weighted by Gasteiger charge is -2.22. The third kappa shape index (κ3) is 5.52. The number of rotatable bonds is 8. The molecule has 1 aliphatic heterocycles. The molecule has 0 aliphatic carbocycles. The van der Waals surface area contributed by atoms with Gasteiger partial charge in [0.2, 0.25) is 5.82 Å². The number of nitrogens with zero attached hydrogens (tertiary/aromatic N) is 7. The maximum absolute atomic E-state index is 13.7. The molecule has 1 amide bonds. The average Bonchev–Trinajstić information content (AvgIpc) is 3.65. The van der Waals surface area contributed by atoms with Crippen LogP contribution < -0.4 is 9.47 Å². The van der Waals surface area contributed by atoms with Crippen molar-refractivity contribution >= 4 is 45.0 Å². The smallest absolute Gasteiger partial charge is 0.253 e. The average molecular weight is 631 g/mol. The molecule has 0 spiro atoms. The van der Waals surface area contributed by atoms with Gasteiger partial charge < -0.3 is 9.47 Å². The third-order valence-electron chi connectivity index (χ3n) is 6.61. The number of carbonyl (C=O) groups is 1. The number of hydrogen-bond acceptors (Lipinski definition) is 9. The van der Waals surface area contributed by atoms with Gasteiger partial charge in [-0.2, -0.15) is 14.7 Å². The number of benzene rings is 2. The van der Waals surface area contributed by atoms with Gasteiger partial charge >= 0.3 is 0 Å². The fourth-order valence-electron chi connectivity index (χ4n) is 4.58. The first-order chi connectivity index (χ1) is 20.0. The molecule has 1 unspecified atom stereocenters. The Morgan fingerprint density at radius 3 is 2.59 bits per heavy atom. The zero-order valence-corrected chi connectivity index (χ0v) is 24.5. The first kappa shape index (κ1) is 26.9. The monoisotopic (exact) mass is 629 g/mol. The van der Waals surface area contributed by atoms with Gasteiger partial charge in [-0.3, -0.25) is 9.78 Å². The molecular formula is C29H24BrN7O3S. The minimum atomic E-state index is -0.300. The maximum atomic E-state index is 13.7. The van der Waals surface area contributed by atoms with E-state index >= 15 is 0 Å². The molecule has 41 heavy (non-hydrogen) atoms. The van der Waals surface area contributed by atoms with Gasteiger partial charge in [-0.05, 0) is 59.7 Å². The highest BCUT2D eigenvalue weighted by Gasteiger charge is 2.33. The number of amides is 1. The minimum Gasteiger partial charge on any atom is -0.493 e. The topological polar surface area (TPSA) is 107 Å². The van der Waals surface area contributed by atoms with Crippen molar-refractivity contribution in [2.24, 2.45) is 5.10 Å². The molecule has 6 rings (SSSR count). The Hall–Kier alpha value is -4.29. The van der Waals surface area contributed by atoms with Crippen LogP contribution in [0, 0.1) is 0 Å². The van der Waals surface area contributed by atoms with Crippen molar-refractivity contribution < 1.29 is 14.3 Å². The molecule has 0 saturated heterocycles. The van der Waals surface area contributed by atoms with E-state index in [1.54, 1.807) is 29.9 Å². The van der Waals surface area contributed by atoms with Crippen molar-refractivity contribution in [3.8, 4) is 23.0 Å². The van der Waals surface area contributed by atoms with Crippen LogP contribution in [0.5, 0.6) is 11.5 Å². The van der Waals surface area contributed by atoms with Crippen LogP contribution in [0.25, 0.3) is 17.2 Å². The van der Waals surface area contributed by atoms with E-state index in [4.69, 9.17) is 14.6 Å². The van der Waals surface area contributed by atoms with Gasteiger partial charge in [0.15, 0.2) is 17.1 Å². The Bertz CT molecular complexity index is 1750. The van der Waals surface area contributed by atoms with E-state index in [0.29, 0.717) is 40.1 Å². The summed E-state index contributed by atoms with van der Waals surface area (Å²) in [6, 6.07) is 22.5. The Morgan fingerprint density at radius 2 is 1.83 bits per heavy atom. The molecule has 0 N–H and O–H groups in total. The number of methoxy groups -OCH3 is 2. The first-order valence-corrected chi connectivity index (χ1v) is 14.5. The van der Waals surface area contributed by atoms with E-state index in [0.717, 1.165) is 21.3 Å². The molecule has 4 heterocycles. The molecular weight excluding hydrogens is 606 g/mol. The normalized spacial score (nSPS) is 14.8. The fourth-order valence-corrected chi connectivity index (χ4v) is 5.55. The largest absolute Gasteiger partial charge is 0.493 e. The standard InChI is InChI=1S/C29H24BrN7O3S/c1-39-24-11-8-19(15-25(24)40-2)23-16-22(18-6-9-20(30)10-7-18)34-36(23)28(38)17-41-27-13-12-26-32-33-29(37(26)35-27)21-5-3-4-14-31-21/h3-15,23H,16-17H2,1-2H3. The summed E-state index contributed by atoms with van der Waals surface area (Å²) in [5.41, 5.74) is 3.96. The number of hydrazone groups is 1. The van der Waals surface area contributed by atoms with E-state index in [1.165, 1.54) is 11.8 Å². The SMILES string of the molecule is COc1ccc(C2CC(c3ccc(Br)cc3)=NN2C(=O)CSc2ccc3nnc(-c4ccccn4)n3n2)cc1OC. The van der Waals surface area contributed by atoms with Gasteiger partial charge in [-0.15, -0.1) is 10.2 Å². The zero-order chi connectivity index (χ0) is 28.3. The number of thioether (sulfide) groups is 1. The van der Waals surface area contributed by atoms with Crippen LogP contribution in [-0.2, 0) is 4.79 Å². The highest BCUT2D eigenvalue weighted by molar-refractivity contribution is 9.10. The molecule has 0 saturated carbocycles. The van der Waals surface area contributed by atoms with Gasteiger partial charge in [0.05, 0.1) is 31.7 Å². The number of aromatic nitrogens is 5. The summed E-state index contributed by atoms with van der Waals surface area (Å²) >= 11 is 4.82. The van der Waals surface area contributed by atoms with Crippen LogP contribution in [-0.4, -0.2) is 61.4 Å². The molecule has 12 heteroatoms. The Labute approximate surface area is 248 Å². The van der Waals surface area contributed by atoms with Crippen molar-refractivity contribution in [1.29, 1.82) is 0 Å². The first-order valence-electron chi connectivity index (χ1n) is 12.7. The van der Waals surface area contributed by atoms with Gasteiger partial charge in [0.1, 0.15) is 10.7 Å². The fraction of sp³-hybridized carbons (Fsp3) is 0.172. The van der Waals surface area contributed by atoms with Crippen LogP contribution >= 0.6 is 27.7 Å². The number of fused-ring (bicyclic) bond motifs is 1. The molecule has 206 valence electrons. The summed E-state index contributed by atoms with van der Waals surface area (Å²) in [5.74, 6) is 1.75. The molecule has 2 aromatic carbocycles. The lowest BCUT2D eigenvalue weighted by atomic mass is 9.98. The van der Waals surface area contributed by atoms with Gasteiger partial charge in [-0.25, -0.2) is 5.01 Å².